The summed E-state index contributed by atoms with van der Waals surface area (Å²) in [5.41, 5.74) is 2.72. The minimum atomic E-state index is 0.587. The molecule has 0 aliphatic carbocycles. The van der Waals surface area contributed by atoms with Crippen molar-refractivity contribution in [2.75, 3.05) is 13.2 Å². The molecule has 2 rings (SSSR count). The number of aryl methyl sites for hydroxylation is 1. The van der Waals surface area contributed by atoms with Gasteiger partial charge < -0.3 is 10.1 Å². The molecule has 1 aliphatic rings. The Morgan fingerprint density at radius 3 is 2.94 bits per heavy atom. The Hall–Kier alpha value is -0.540. The third-order valence-corrected chi connectivity index (χ3v) is 3.71. The number of hydrogen-bond donors (Lipinski definition) is 1. The second kappa shape index (κ2) is 6.58. The molecule has 0 radical (unpaired) electrons. The Kier molecular flexibility index (Phi) is 5.07. The molecular weight excluding hydrogens is 290 g/mol. The van der Waals surface area contributed by atoms with E-state index in [4.69, 9.17) is 4.74 Å². The predicted octanol–water partition coefficient (Wildman–Crippen LogP) is 3.70. The first-order valence-electron chi connectivity index (χ1n) is 6.84. The van der Waals surface area contributed by atoms with Crippen LogP contribution in [0.4, 0.5) is 0 Å². The third kappa shape index (κ3) is 3.72. The van der Waals surface area contributed by atoms with Gasteiger partial charge >= 0.3 is 0 Å². The second-order valence-corrected chi connectivity index (χ2v) is 6.13. The molecule has 1 heterocycles. The molecule has 0 atom stereocenters. The third-order valence-electron chi connectivity index (χ3n) is 3.25. The first kappa shape index (κ1) is 13.9. The molecule has 0 bridgehead atoms. The van der Waals surface area contributed by atoms with Crippen LogP contribution in [0.15, 0.2) is 16.6 Å². The van der Waals surface area contributed by atoms with Crippen LogP contribution in [-0.2, 0) is 12.8 Å². The van der Waals surface area contributed by atoms with Crippen LogP contribution < -0.4 is 10.1 Å². The lowest BCUT2D eigenvalue weighted by atomic mass is 10.0. The summed E-state index contributed by atoms with van der Waals surface area (Å²) < 4.78 is 6.93. The Balaban J connectivity index is 1.86. The molecule has 1 N–H and O–H groups in total. The monoisotopic (exact) mass is 311 g/mol. The highest BCUT2D eigenvalue weighted by atomic mass is 79.9. The van der Waals surface area contributed by atoms with Crippen LogP contribution in [0.3, 0.4) is 0 Å². The van der Waals surface area contributed by atoms with E-state index >= 15 is 0 Å². The Bertz CT molecular complexity index is 404. The molecule has 0 saturated heterocycles. The van der Waals surface area contributed by atoms with Gasteiger partial charge in [0.1, 0.15) is 5.75 Å². The number of rotatable bonds is 6. The smallest absolute Gasteiger partial charge is 0.125 e. The van der Waals surface area contributed by atoms with Gasteiger partial charge in [0.05, 0.1) is 6.61 Å². The van der Waals surface area contributed by atoms with Crippen LogP contribution in [0.5, 0.6) is 5.75 Å². The molecule has 1 aliphatic heterocycles. The van der Waals surface area contributed by atoms with E-state index in [0.717, 1.165) is 31.7 Å². The van der Waals surface area contributed by atoms with Gasteiger partial charge in [-0.2, -0.15) is 0 Å². The van der Waals surface area contributed by atoms with Crippen LogP contribution in [0.1, 0.15) is 37.8 Å². The number of nitrogens with one attached hydrogen (secondary N) is 1. The molecule has 0 aromatic heterocycles. The Labute approximate surface area is 118 Å². The number of hydrogen-bond acceptors (Lipinski definition) is 2. The predicted molar refractivity (Wildman–Crippen MR) is 79.4 cm³/mol. The largest absolute Gasteiger partial charge is 0.493 e. The van der Waals surface area contributed by atoms with E-state index in [9.17, 15) is 0 Å². The van der Waals surface area contributed by atoms with Crippen molar-refractivity contribution in [3.8, 4) is 5.75 Å². The lowest BCUT2D eigenvalue weighted by Crippen LogP contribution is -2.23. The highest BCUT2D eigenvalue weighted by molar-refractivity contribution is 9.10. The fourth-order valence-electron chi connectivity index (χ4n) is 2.36. The zero-order valence-electron chi connectivity index (χ0n) is 11.3. The molecule has 0 unspecified atom stereocenters. The number of fused-ring (bicyclic) bond motifs is 1. The van der Waals surface area contributed by atoms with Gasteiger partial charge in [-0.3, -0.25) is 0 Å². The van der Waals surface area contributed by atoms with E-state index < -0.39 is 0 Å². The zero-order chi connectivity index (χ0) is 13.0. The summed E-state index contributed by atoms with van der Waals surface area (Å²) in [6, 6.07) is 4.98. The zero-order valence-corrected chi connectivity index (χ0v) is 12.8. The summed E-state index contributed by atoms with van der Waals surface area (Å²) in [5, 5.41) is 3.45. The number of benzene rings is 1. The van der Waals surface area contributed by atoms with Crippen molar-refractivity contribution in [2.45, 2.75) is 45.6 Å². The van der Waals surface area contributed by atoms with Crippen molar-refractivity contribution in [1.29, 1.82) is 0 Å². The number of ether oxygens (including phenoxy) is 1. The summed E-state index contributed by atoms with van der Waals surface area (Å²) in [4.78, 5) is 0. The summed E-state index contributed by atoms with van der Waals surface area (Å²) in [5.74, 6) is 1.15. The molecule has 0 fully saturated rings. The molecule has 1 aromatic rings. The second-order valence-electron chi connectivity index (χ2n) is 5.22. The Morgan fingerprint density at radius 1 is 1.33 bits per heavy atom. The van der Waals surface area contributed by atoms with Gasteiger partial charge in [0.25, 0.3) is 0 Å². The van der Waals surface area contributed by atoms with Crippen LogP contribution in [-0.4, -0.2) is 19.2 Å². The molecule has 2 nitrogen and oxygen atoms in total. The first-order chi connectivity index (χ1) is 8.66. The van der Waals surface area contributed by atoms with E-state index in [0.29, 0.717) is 6.04 Å². The van der Waals surface area contributed by atoms with E-state index in [1.165, 1.54) is 28.4 Å². The highest BCUT2D eigenvalue weighted by Gasteiger charge is 2.16. The van der Waals surface area contributed by atoms with Gasteiger partial charge in [0, 0.05) is 16.9 Å². The van der Waals surface area contributed by atoms with Crippen molar-refractivity contribution in [3.63, 3.8) is 0 Å². The summed E-state index contributed by atoms with van der Waals surface area (Å²) in [6.45, 7) is 6.33. The highest BCUT2D eigenvalue weighted by Crippen LogP contribution is 2.33. The quantitative estimate of drug-likeness (QED) is 0.809. The average Bonchev–Trinajstić information content (AvgIpc) is 2.75. The van der Waals surface area contributed by atoms with Crippen molar-refractivity contribution >= 4 is 15.9 Å². The van der Waals surface area contributed by atoms with E-state index in [1.54, 1.807) is 0 Å². The molecule has 3 heteroatoms. The molecule has 0 spiro atoms. The SMILES string of the molecule is CC(C)NCCCCc1cc(Br)cc2c1OCC2. The van der Waals surface area contributed by atoms with Gasteiger partial charge in [-0.1, -0.05) is 29.8 Å². The summed E-state index contributed by atoms with van der Waals surface area (Å²) in [7, 11) is 0. The maximum absolute atomic E-state index is 5.74. The van der Waals surface area contributed by atoms with Crippen LogP contribution in [0.25, 0.3) is 0 Å². The molecule has 18 heavy (non-hydrogen) atoms. The standard InChI is InChI=1S/C15H22BrNO/c1-11(2)17-7-4-3-5-12-9-14(16)10-13-6-8-18-15(12)13/h9-11,17H,3-8H2,1-2H3. The van der Waals surface area contributed by atoms with E-state index in [-0.39, 0.29) is 0 Å². The maximum atomic E-state index is 5.74. The lowest BCUT2D eigenvalue weighted by molar-refractivity contribution is 0.353. The van der Waals surface area contributed by atoms with Gasteiger partial charge in [-0.15, -0.1) is 0 Å². The van der Waals surface area contributed by atoms with E-state index in [2.05, 4.69) is 47.2 Å². The minimum absolute atomic E-state index is 0.587. The van der Waals surface area contributed by atoms with Gasteiger partial charge in [-0.25, -0.2) is 0 Å². The molecule has 0 amide bonds. The van der Waals surface area contributed by atoms with E-state index in [1.807, 2.05) is 0 Å². The van der Waals surface area contributed by atoms with Crippen LogP contribution in [0.2, 0.25) is 0 Å². The number of halogens is 1. The fraction of sp³-hybridized carbons (Fsp3) is 0.600. The van der Waals surface area contributed by atoms with Crippen molar-refractivity contribution in [3.05, 3.63) is 27.7 Å². The fourth-order valence-corrected chi connectivity index (χ4v) is 2.92. The van der Waals surface area contributed by atoms with Crippen LogP contribution in [0, 0.1) is 0 Å². The minimum Gasteiger partial charge on any atom is -0.493 e. The van der Waals surface area contributed by atoms with Gasteiger partial charge in [0.15, 0.2) is 0 Å². The molecular formula is C15H22BrNO. The lowest BCUT2D eigenvalue weighted by Gasteiger charge is -2.10. The molecule has 0 saturated carbocycles. The summed E-state index contributed by atoms with van der Waals surface area (Å²) in [6.07, 6.45) is 4.60. The van der Waals surface area contributed by atoms with Gasteiger partial charge in [0.2, 0.25) is 0 Å². The van der Waals surface area contributed by atoms with Gasteiger partial charge in [-0.05, 0) is 49.1 Å². The number of unbranched alkanes of at least 4 members (excludes halogenated alkanes) is 1. The maximum Gasteiger partial charge on any atom is 0.125 e. The molecule has 100 valence electrons. The van der Waals surface area contributed by atoms with Crippen molar-refractivity contribution in [1.82, 2.24) is 5.32 Å². The molecule has 1 aromatic carbocycles. The van der Waals surface area contributed by atoms with Crippen molar-refractivity contribution in [2.24, 2.45) is 0 Å². The van der Waals surface area contributed by atoms with Crippen LogP contribution >= 0.6 is 15.9 Å². The summed E-state index contributed by atoms with van der Waals surface area (Å²) >= 11 is 3.59. The normalized spacial score (nSPS) is 13.8. The topological polar surface area (TPSA) is 21.3 Å². The van der Waals surface area contributed by atoms with Crippen molar-refractivity contribution < 1.29 is 4.74 Å². The first-order valence-corrected chi connectivity index (χ1v) is 7.63. The average molecular weight is 312 g/mol. The Morgan fingerprint density at radius 2 is 2.17 bits per heavy atom.